The fraction of sp³-hybridized carbons (Fsp3) is 0.562. The highest BCUT2D eigenvalue weighted by molar-refractivity contribution is 6.21. The molecule has 2 rings (SSSR count). The number of rotatable bonds is 4. The van der Waals surface area contributed by atoms with Crippen LogP contribution in [0, 0.1) is 5.41 Å². The Kier molecular flexibility index (Phi) is 4.71. The fourth-order valence-corrected chi connectivity index (χ4v) is 2.90. The highest BCUT2D eigenvalue weighted by atomic mass is 35.5. The Hall–Kier alpha value is -1.06. The van der Waals surface area contributed by atoms with Crippen molar-refractivity contribution in [1.82, 2.24) is 5.32 Å². The molecule has 0 fully saturated rings. The van der Waals surface area contributed by atoms with E-state index in [0.29, 0.717) is 25.3 Å². The van der Waals surface area contributed by atoms with Crippen LogP contribution in [0.5, 0.6) is 0 Å². The van der Waals surface area contributed by atoms with Gasteiger partial charge in [0.25, 0.3) is 5.91 Å². The van der Waals surface area contributed by atoms with Gasteiger partial charge in [0.15, 0.2) is 0 Å². The molecule has 0 aromatic heterocycles. The summed E-state index contributed by atoms with van der Waals surface area (Å²) in [5.41, 5.74) is 3.12. The van der Waals surface area contributed by atoms with Crippen LogP contribution in [-0.4, -0.2) is 17.8 Å². The third-order valence-corrected chi connectivity index (χ3v) is 3.61. The van der Waals surface area contributed by atoms with Crippen molar-refractivity contribution in [3.8, 4) is 0 Å². The number of hydrogen-bond donors (Lipinski definition) is 1. The van der Waals surface area contributed by atoms with Crippen LogP contribution in [0.1, 0.15) is 48.7 Å². The van der Waals surface area contributed by atoms with Crippen molar-refractivity contribution in [2.75, 3.05) is 6.54 Å². The standard InChI is InChI=1S/C16H22ClNO2/c1-16(2,3)7-14(17)8-18-15(19)11-4-5-12-9-20-10-13(12)6-11/h4-6,14H,7-10H2,1-3H3,(H,18,19). The van der Waals surface area contributed by atoms with E-state index in [0.717, 1.165) is 12.0 Å². The molecule has 1 aliphatic heterocycles. The molecule has 3 nitrogen and oxygen atoms in total. The molecule has 0 spiro atoms. The maximum Gasteiger partial charge on any atom is 0.251 e. The van der Waals surface area contributed by atoms with Gasteiger partial charge in [0.1, 0.15) is 0 Å². The molecular weight excluding hydrogens is 274 g/mol. The van der Waals surface area contributed by atoms with Gasteiger partial charge in [0.05, 0.1) is 18.6 Å². The zero-order valence-electron chi connectivity index (χ0n) is 12.3. The lowest BCUT2D eigenvalue weighted by Gasteiger charge is -2.22. The zero-order valence-corrected chi connectivity index (χ0v) is 13.1. The second kappa shape index (κ2) is 6.15. The van der Waals surface area contributed by atoms with E-state index < -0.39 is 0 Å². The first kappa shape index (κ1) is 15.3. The largest absolute Gasteiger partial charge is 0.372 e. The molecular formula is C16H22ClNO2. The van der Waals surface area contributed by atoms with Gasteiger partial charge >= 0.3 is 0 Å². The summed E-state index contributed by atoms with van der Waals surface area (Å²) in [7, 11) is 0. The van der Waals surface area contributed by atoms with Crippen molar-refractivity contribution < 1.29 is 9.53 Å². The van der Waals surface area contributed by atoms with Crippen molar-refractivity contribution in [2.45, 2.75) is 45.8 Å². The van der Waals surface area contributed by atoms with E-state index in [4.69, 9.17) is 16.3 Å². The Morgan fingerprint density at radius 2 is 2.05 bits per heavy atom. The van der Waals surface area contributed by atoms with Crippen LogP contribution in [0.25, 0.3) is 0 Å². The minimum absolute atomic E-state index is 0.0447. The van der Waals surface area contributed by atoms with Gasteiger partial charge in [-0.15, -0.1) is 11.6 Å². The highest BCUT2D eigenvalue weighted by Crippen LogP contribution is 2.23. The van der Waals surface area contributed by atoms with Crippen molar-refractivity contribution in [1.29, 1.82) is 0 Å². The third-order valence-electron chi connectivity index (χ3n) is 3.30. The number of amides is 1. The predicted molar refractivity (Wildman–Crippen MR) is 81.0 cm³/mol. The van der Waals surface area contributed by atoms with Crippen LogP contribution in [0.3, 0.4) is 0 Å². The van der Waals surface area contributed by atoms with E-state index in [9.17, 15) is 4.79 Å². The van der Waals surface area contributed by atoms with E-state index in [1.54, 1.807) is 0 Å². The average Bonchev–Trinajstić information content (AvgIpc) is 2.80. The van der Waals surface area contributed by atoms with E-state index in [-0.39, 0.29) is 16.7 Å². The summed E-state index contributed by atoms with van der Waals surface area (Å²) in [4.78, 5) is 12.1. The molecule has 110 valence electrons. The minimum atomic E-state index is -0.0701. The number of benzene rings is 1. The van der Waals surface area contributed by atoms with E-state index >= 15 is 0 Å². The van der Waals surface area contributed by atoms with Gasteiger partial charge in [-0.3, -0.25) is 4.79 Å². The van der Waals surface area contributed by atoms with Crippen molar-refractivity contribution >= 4 is 17.5 Å². The Morgan fingerprint density at radius 1 is 1.35 bits per heavy atom. The van der Waals surface area contributed by atoms with Gasteiger partial charge in [0.2, 0.25) is 0 Å². The minimum Gasteiger partial charge on any atom is -0.372 e. The van der Waals surface area contributed by atoms with Crippen molar-refractivity contribution in [3.63, 3.8) is 0 Å². The number of hydrogen-bond acceptors (Lipinski definition) is 2. The summed E-state index contributed by atoms with van der Waals surface area (Å²) in [6, 6.07) is 5.71. The van der Waals surface area contributed by atoms with Gasteiger partial charge in [-0.1, -0.05) is 26.8 Å². The second-order valence-corrected chi connectivity index (χ2v) is 7.17. The van der Waals surface area contributed by atoms with Crippen LogP contribution in [0.2, 0.25) is 0 Å². The van der Waals surface area contributed by atoms with Gasteiger partial charge in [-0.05, 0) is 35.1 Å². The molecule has 1 atom stereocenters. The lowest BCUT2D eigenvalue weighted by atomic mass is 9.90. The molecule has 0 saturated heterocycles. The van der Waals surface area contributed by atoms with E-state index in [1.165, 1.54) is 5.56 Å². The predicted octanol–water partition coefficient (Wildman–Crippen LogP) is 3.49. The van der Waals surface area contributed by atoms with Crippen LogP contribution >= 0.6 is 11.6 Å². The summed E-state index contributed by atoms with van der Waals surface area (Å²) >= 11 is 6.26. The first-order chi connectivity index (χ1) is 9.35. The molecule has 0 aliphatic carbocycles. The molecule has 1 aromatic carbocycles. The lowest BCUT2D eigenvalue weighted by molar-refractivity contribution is 0.0952. The van der Waals surface area contributed by atoms with E-state index in [1.807, 2.05) is 18.2 Å². The number of carbonyl (C=O) groups excluding carboxylic acids is 1. The lowest BCUT2D eigenvalue weighted by Crippen LogP contribution is -2.31. The fourth-order valence-electron chi connectivity index (χ4n) is 2.36. The smallest absolute Gasteiger partial charge is 0.251 e. The number of alkyl halides is 1. The molecule has 4 heteroatoms. The second-order valence-electron chi connectivity index (χ2n) is 6.55. The summed E-state index contributed by atoms with van der Waals surface area (Å²) < 4.78 is 5.35. The monoisotopic (exact) mass is 295 g/mol. The molecule has 1 heterocycles. The molecule has 0 bridgehead atoms. The summed E-state index contributed by atoms with van der Waals surface area (Å²) in [5, 5.41) is 2.86. The number of fused-ring (bicyclic) bond motifs is 1. The Bertz CT molecular complexity index is 494. The number of carbonyl (C=O) groups is 1. The Morgan fingerprint density at radius 3 is 2.75 bits per heavy atom. The topological polar surface area (TPSA) is 38.3 Å². The number of ether oxygens (including phenoxy) is 1. The highest BCUT2D eigenvalue weighted by Gasteiger charge is 2.18. The molecule has 1 unspecified atom stereocenters. The summed E-state index contributed by atoms with van der Waals surface area (Å²) in [5.74, 6) is -0.0701. The van der Waals surface area contributed by atoms with Gasteiger partial charge < -0.3 is 10.1 Å². The van der Waals surface area contributed by atoms with Crippen molar-refractivity contribution in [2.24, 2.45) is 5.41 Å². The summed E-state index contributed by atoms with van der Waals surface area (Å²) in [6.07, 6.45) is 0.868. The normalized spacial score (nSPS) is 15.8. The SMILES string of the molecule is CC(C)(C)CC(Cl)CNC(=O)c1ccc2c(c1)COC2. The van der Waals surface area contributed by atoms with Gasteiger partial charge in [-0.25, -0.2) is 0 Å². The quantitative estimate of drug-likeness (QED) is 0.864. The van der Waals surface area contributed by atoms with Crippen LogP contribution in [0.15, 0.2) is 18.2 Å². The van der Waals surface area contributed by atoms with Crippen LogP contribution < -0.4 is 5.32 Å². The first-order valence-electron chi connectivity index (χ1n) is 6.97. The Labute approximate surface area is 125 Å². The number of nitrogens with one attached hydrogen (secondary N) is 1. The molecule has 0 saturated carbocycles. The first-order valence-corrected chi connectivity index (χ1v) is 7.40. The average molecular weight is 296 g/mol. The zero-order chi connectivity index (χ0) is 14.8. The molecule has 20 heavy (non-hydrogen) atoms. The van der Waals surface area contributed by atoms with Crippen LogP contribution in [-0.2, 0) is 18.0 Å². The molecule has 1 N–H and O–H groups in total. The maximum atomic E-state index is 12.1. The third kappa shape index (κ3) is 4.22. The summed E-state index contributed by atoms with van der Waals surface area (Å²) in [6.45, 7) is 8.16. The van der Waals surface area contributed by atoms with E-state index in [2.05, 4.69) is 26.1 Å². The molecule has 1 amide bonds. The van der Waals surface area contributed by atoms with Crippen molar-refractivity contribution in [3.05, 3.63) is 34.9 Å². The number of halogens is 1. The molecule has 1 aromatic rings. The maximum absolute atomic E-state index is 12.1. The molecule has 0 radical (unpaired) electrons. The van der Waals surface area contributed by atoms with Gasteiger partial charge in [-0.2, -0.15) is 0 Å². The Balaban J connectivity index is 1.89. The molecule has 1 aliphatic rings. The van der Waals surface area contributed by atoms with Crippen LogP contribution in [0.4, 0.5) is 0 Å². The van der Waals surface area contributed by atoms with Gasteiger partial charge in [0, 0.05) is 12.1 Å².